The van der Waals surface area contributed by atoms with E-state index in [0.717, 1.165) is 12.1 Å². The molecule has 0 saturated carbocycles. The summed E-state index contributed by atoms with van der Waals surface area (Å²) >= 11 is 0. The highest BCUT2D eigenvalue weighted by Crippen LogP contribution is 2.27. The van der Waals surface area contributed by atoms with E-state index in [2.05, 4.69) is 23.2 Å². The molecule has 0 radical (unpaired) electrons. The number of hydrogen-bond acceptors (Lipinski definition) is 4. The van der Waals surface area contributed by atoms with Crippen LogP contribution in [0.25, 0.3) is 21.7 Å². The molecule has 140 valence electrons. The Bertz CT molecular complexity index is 1220. The third-order valence-corrected chi connectivity index (χ3v) is 5.68. The maximum atomic E-state index is 11.2. The lowest BCUT2D eigenvalue weighted by molar-refractivity contribution is 0.481. The van der Waals surface area contributed by atoms with Gasteiger partial charge in [0.2, 0.25) is 0 Å². The molecular formula is C18H15NO6S2. The van der Waals surface area contributed by atoms with Crippen molar-refractivity contribution >= 4 is 41.9 Å². The van der Waals surface area contributed by atoms with E-state index in [-0.39, 0.29) is 10.8 Å². The highest BCUT2D eigenvalue weighted by Gasteiger charge is 2.18. The van der Waals surface area contributed by atoms with Gasteiger partial charge in [-0.1, -0.05) is 42.5 Å². The van der Waals surface area contributed by atoms with Gasteiger partial charge in [-0.2, -0.15) is 16.8 Å². The topological polar surface area (TPSA) is 125 Å². The minimum atomic E-state index is -4.47. The first-order valence-corrected chi connectivity index (χ1v) is 10.5. The molecule has 0 amide bonds. The highest BCUT2D eigenvalue weighted by atomic mass is 32.2. The number of H-pyrrole nitrogens is 1. The number of nitrogens with one attached hydrogen (secondary N) is 1. The number of rotatable bonds is 2. The van der Waals surface area contributed by atoms with E-state index in [1.165, 1.54) is 35.2 Å². The Balaban J connectivity index is 0.000000193. The summed E-state index contributed by atoms with van der Waals surface area (Å²) in [5, 5.41) is 1.32. The maximum Gasteiger partial charge on any atom is 0.295 e. The van der Waals surface area contributed by atoms with Gasteiger partial charge in [-0.3, -0.25) is 9.11 Å². The van der Waals surface area contributed by atoms with Crippen LogP contribution in [0, 0.1) is 0 Å². The molecule has 9 heteroatoms. The van der Waals surface area contributed by atoms with Gasteiger partial charge in [-0.05, 0) is 29.7 Å². The number of benzene rings is 3. The molecule has 1 heterocycles. The molecule has 0 atom stereocenters. The summed E-state index contributed by atoms with van der Waals surface area (Å²) in [5.41, 5.74) is 1.21. The van der Waals surface area contributed by atoms with Crippen LogP contribution in [0.1, 0.15) is 0 Å². The molecule has 1 aromatic heterocycles. The van der Waals surface area contributed by atoms with Crippen molar-refractivity contribution < 1.29 is 25.9 Å². The smallest absolute Gasteiger partial charge is 0.295 e. The van der Waals surface area contributed by atoms with Gasteiger partial charge >= 0.3 is 0 Å². The molecule has 0 unspecified atom stereocenters. The fourth-order valence-corrected chi connectivity index (χ4v) is 4.11. The van der Waals surface area contributed by atoms with Crippen LogP contribution in [0.4, 0.5) is 0 Å². The van der Waals surface area contributed by atoms with Crippen LogP contribution in [-0.4, -0.2) is 30.9 Å². The zero-order valence-corrected chi connectivity index (χ0v) is 15.4. The fraction of sp³-hybridized carbons (Fsp3) is 0. The van der Waals surface area contributed by atoms with Crippen LogP contribution in [-0.2, 0) is 20.2 Å². The van der Waals surface area contributed by atoms with E-state index >= 15 is 0 Å². The molecule has 3 N–H and O–H groups in total. The summed E-state index contributed by atoms with van der Waals surface area (Å²) < 4.78 is 62.7. The average molecular weight is 405 g/mol. The molecule has 0 aliphatic carbocycles. The monoisotopic (exact) mass is 405 g/mol. The zero-order chi connectivity index (χ0) is 19.7. The molecular weight excluding hydrogens is 390 g/mol. The van der Waals surface area contributed by atoms with Crippen LogP contribution in [0.5, 0.6) is 0 Å². The second kappa shape index (κ2) is 7.12. The van der Waals surface area contributed by atoms with E-state index in [1.54, 1.807) is 0 Å². The lowest BCUT2D eigenvalue weighted by Gasteiger charge is -2.06. The Hall–Kier alpha value is -2.72. The molecule has 7 nitrogen and oxygen atoms in total. The Morgan fingerprint density at radius 3 is 1.63 bits per heavy atom. The summed E-state index contributed by atoms with van der Waals surface area (Å²) in [5.74, 6) is 0. The summed E-state index contributed by atoms with van der Waals surface area (Å²) in [7, 11) is -8.94. The first-order valence-electron chi connectivity index (χ1n) is 7.67. The third-order valence-electron chi connectivity index (χ3n) is 3.86. The van der Waals surface area contributed by atoms with Gasteiger partial charge in [-0.15, -0.1) is 0 Å². The second-order valence-corrected chi connectivity index (χ2v) is 8.40. The van der Waals surface area contributed by atoms with Gasteiger partial charge in [0.25, 0.3) is 20.2 Å². The second-order valence-electron chi connectivity index (χ2n) is 5.62. The maximum absolute atomic E-state index is 11.2. The molecule has 0 fully saturated rings. The molecule has 0 bridgehead atoms. The molecule has 3 aromatic carbocycles. The standard InChI is InChI=1S/C10H8O6S2.C8H7N/c11-17(12,13)9-5-1-3-7-8(9)4-2-6-10(7)18(14,15)16;1-2-4-8-7(3-1)5-6-9-8/h1-6H,(H,11,12,13)(H,14,15,16);1-6,9H. The molecule has 0 spiro atoms. The normalized spacial score (nSPS) is 11.9. The molecule has 0 aliphatic rings. The molecule has 0 saturated heterocycles. The Morgan fingerprint density at radius 1 is 0.630 bits per heavy atom. The largest absolute Gasteiger partial charge is 0.361 e. The van der Waals surface area contributed by atoms with Crippen LogP contribution < -0.4 is 0 Å². The van der Waals surface area contributed by atoms with Gasteiger partial charge < -0.3 is 4.98 Å². The summed E-state index contributed by atoms with van der Waals surface area (Å²) in [4.78, 5) is 2.30. The van der Waals surface area contributed by atoms with Crippen molar-refractivity contribution in [2.75, 3.05) is 0 Å². The van der Waals surface area contributed by atoms with Gasteiger partial charge in [0.1, 0.15) is 9.79 Å². The number of hydrogen-bond donors (Lipinski definition) is 3. The van der Waals surface area contributed by atoms with Crippen LogP contribution in [0.2, 0.25) is 0 Å². The molecule has 27 heavy (non-hydrogen) atoms. The summed E-state index contributed by atoms with van der Waals surface area (Å²) in [6, 6.07) is 17.8. The van der Waals surface area contributed by atoms with Crippen LogP contribution >= 0.6 is 0 Å². The number of aromatic nitrogens is 1. The third kappa shape index (κ3) is 4.17. The fourth-order valence-electron chi connectivity index (χ4n) is 2.70. The molecule has 4 rings (SSSR count). The molecule has 4 aromatic rings. The van der Waals surface area contributed by atoms with Gasteiger partial charge in [0, 0.05) is 22.5 Å². The van der Waals surface area contributed by atoms with Crippen molar-refractivity contribution in [1.29, 1.82) is 0 Å². The van der Waals surface area contributed by atoms with Gasteiger partial charge in [0.15, 0.2) is 0 Å². The predicted octanol–water partition coefficient (Wildman–Crippen LogP) is 3.50. The predicted molar refractivity (Wildman–Crippen MR) is 102 cm³/mol. The number of para-hydroxylation sites is 1. The SMILES string of the molecule is O=S(=O)(O)c1cccc2c(S(=O)(=O)O)cccc12.c1ccc2[nH]ccc2c1. The minimum Gasteiger partial charge on any atom is -0.361 e. The summed E-state index contributed by atoms with van der Waals surface area (Å²) in [6.07, 6.45) is 1.95. The Labute approximate surface area is 155 Å². The van der Waals surface area contributed by atoms with Gasteiger partial charge in [0.05, 0.1) is 0 Å². The summed E-state index contributed by atoms with van der Waals surface area (Å²) in [6.45, 7) is 0. The van der Waals surface area contributed by atoms with Crippen molar-refractivity contribution in [2.24, 2.45) is 0 Å². The minimum absolute atomic E-state index is 0.0233. The van der Waals surface area contributed by atoms with Crippen LogP contribution in [0.15, 0.2) is 82.7 Å². The van der Waals surface area contributed by atoms with Crippen molar-refractivity contribution in [3.05, 3.63) is 72.9 Å². The van der Waals surface area contributed by atoms with Crippen LogP contribution in [0.3, 0.4) is 0 Å². The highest BCUT2D eigenvalue weighted by molar-refractivity contribution is 7.86. The first kappa shape index (κ1) is 19.1. The van der Waals surface area contributed by atoms with E-state index in [0.29, 0.717) is 0 Å². The number of aromatic amines is 1. The quantitative estimate of drug-likeness (QED) is 0.438. The van der Waals surface area contributed by atoms with Crippen molar-refractivity contribution in [2.45, 2.75) is 9.79 Å². The average Bonchev–Trinajstić information content (AvgIpc) is 3.08. The van der Waals surface area contributed by atoms with Gasteiger partial charge in [-0.25, -0.2) is 0 Å². The molecule has 0 aliphatic heterocycles. The lowest BCUT2D eigenvalue weighted by atomic mass is 10.1. The van der Waals surface area contributed by atoms with Crippen molar-refractivity contribution in [1.82, 2.24) is 4.98 Å². The number of fused-ring (bicyclic) bond motifs is 2. The van der Waals surface area contributed by atoms with E-state index < -0.39 is 30.0 Å². The van der Waals surface area contributed by atoms with E-state index in [1.807, 2.05) is 18.3 Å². The van der Waals surface area contributed by atoms with Crippen molar-refractivity contribution in [3.63, 3.8) is 0 Å². The first-order chi connectivity index (χ1) is 12.7. The Kier molecular flexibility index (Phi) is 5.03. The Morgan fingerprint density at radius 2 is 1.15 bits per heavy atom. The zero-order valence-electron chi connectivity index (χ0n) is 13.8. The lowest BCUT2D eigenvalue weighted by Crippen LogP contribution is -2.02. The van der Waals surface area contributed by atoms with E-state index in [9.17, 15) is 16.8 Å². The van der Waals surface area contributed by atoms with Crippen molar-refractivity contribution in [3.8, 4) is 0 Å². The van der Waals surface area contributed by atoms with E-state index in [4.69, 9.17) is 9.11 Å².